The standard InChI is InChI=1S/C14H9N3/c15-9-12-10-16-7-5-14(12)17-8-6-11-3-1-2-4-13(11)17/h1-8,10H. The summed E-state index contributed by atoms with van der Waals surface area (Å²) in [5.41, 5.74) is 2.53. The number of fused-ring (bicyclic) bond motifs is 1. The van der Waals surface area contributed by atoms with Crippen LogP contribution in [0.3, 0.4) is 0 Å². The predicted molar refractivity (Wildman–Crippen MR) is 65.8 cm³/mol. The molecule has 2 heterocycles. The predicted octanol–water partition coefficient (Wildman–Crippen LogP) is 2.90. The van der Waals surface area contributed by atoms with Crippen molar-refractivity contribution in [2.75, 3.05) is 0 Å². The van der Waals surface area contributed by atoms with Crippen LogP contribution in [0, 0.1) is 11.3 Å². The lowest BCUT2D eigenvalue weighted by Crippen LogP contribution is -1.96. The molecule has 0 bridgehead atoms. The van der Waals surface area contributed by atoms with Gasteiger partial charge in [-0.1, -0.05) is 18.2 Å². The Morgan fingerprint density at radius 3 is 2.88 bits per heavy atom. The van der Waals surface area contributed by atoms with E-state index in [0.717, 1.165) is 16.6 Å². The Morgan fingerprint density at radius 2 is 2.00 bits per heavy atom. The van der Waals surface area contributed by atoms with Crippen LogP contribution in [0.1, 0.15) is 5.56 Å². The monoisotopic (exact) mass is 219 g/mol. The Morgan fingerprint density at radius 1 is 1.12 bits per heavy atom. The number of rotatable bonds is 1. The largest absolute Gasteiger partial charge is 0.315 e. The molecule has 3 aromatic rings. The maximum atomic E-state index is 9.09. The first-order valence-electron chi connectivity index (χ1n) is 5.31. The van der Waals surface area contributed by atoms with Gasteiger partial charge in [0, 0.05) is 18.6 Å². The summed E-state index contributed by atoms with van der Waals surface area (Å²) in [6.07, 6.45) is 5.26. The zero-order chi connectivity index (χ0) is 11.7. The molecule has 3 rings (SSSR count). The van der Waals surface area contributed by atoms with E-state index < -0.39 is 0 Å². The van der Waals surface area contributed by atoms with Crippen LogP contribution < -0.4 is 0 Å². The molecule has 0 atom stereocenters. The summed E-state index contributed by atoms with van der Waals surface area (Å²) < 4.78 is 2.01. The van der Waals surface area contributed by atoms with E-state index in [-0.39, 0.29) is 0 Å². The van der Waals surface area contributed by atoms with Crippen LogP contribution in [-0.2, 0) is 0 Å². The van der Waals surface area contributed by atoms with Crippen molar-refractivity contribution in [3.8, 4) is 11.8 Å². The molecule has 1 aromatic carbocycles. The third-order valence-electron chi connectivity index (χ3n) is 2.78. The van der Waals surface area contributed by atoms with E-state index in [0.29, 0.717) is 5.56 Å². The smallest absolute Gasteiger partial charge is 0.103 e. The van der Waals surface area contributed by atoms with E-state index in [1.54, 1.807) is 12.4 Å². The lowest BCUT2D eigenvalue weighted by Gasteiger charge is -2.06. The third-order valence-corrected chi connectivity index (χ3v) is 2.78. The molecular formula is C14H9N3. The van der Waals surface area contributed by atoms with Crippen molar-refractivity contribution >= 4 is 10.9 Å². The molecule has 0 spiro atoms. The Kier molecular flexibility index (Phi) is 2.13. The summed E-state index contributed by atoms with van der Waals surface area (Å²) >= 11 is 0. The zero-order valence-electron chi connectivity index (χ0n) is 9.04. The van der Waals surface area contributed by atoms with Gasteiger partial charge < -0.3 is 4.57 Å². The summed E-state index contributed by atoms with van der Waals surface area (Å²) in [6, 6.07) is 14.1. The summed E-state index contributed by atoms with van der Waals surface area (Å²) in [7, 11) is 0. The molecule has 0 radical (unpaired) electrons. The molecule has 0 aliphatic heterocycles. The first-order chi connectivity index (χ1) is 8.40. The van der Waals surface area contributed by atoms with E-state index in [1.807, 2.05) is 41.1 Å². The van der Waals surface area contributed by atoms with Gasteiger partial charge in [-0.25, -0.2) is 0 Å². The quantitative estimate of drug-likeness (QED) is 0.631. The molecule has 0 aliphatic rings. The Bertz CT molecular complexity index is 719. The molecule has 0 unspecified atom stereocenters. The molecule has 80 valence electrons. The molecule has 3 nitrogen and oxygen atoms in total. The second kappa shape index (κ2) is 3.76. The van der Waals surface area contributed by atoms with Crippen LogP contribution in [0.2, 0.25) is 0 Å². The highest BCUT2D eigenvalue weighted by Gasteiger charge is 2.06. The number of aromatic nitrogens is 2. The highest BCUT2D eigenvalue weighted by Crippen LogP contribution is 2.21. The maximum absolute atomic E-state index is 9.09. The van der Waals surface area contributed by atoms with Crippen molar-refractivity contribution in [3.63, 3.8) is 0 Å². The minimum atomic E-state index is 0.578. The fraction of sp³-hybridized carbons (Fsp3) is 0. The van der Waals surface area contributed by atoms with E-state index in [2.05, 4.69) is 17.1 Å². The van der Waals surface area contributed by atoms with Gasteiger partial charge in [0.05, 0.1) is 16.8 Å². The Hall–Kier alpha value is -2.60. The molecule has 0 N–H and O–H groups in total. The fourth-order valence-electron chi connectivity index (χ4n) is 1.98. The second-order valence-corrected chi connectivity index (χ2v) is 3.75. The van der Waals surface area contributed by atoms with Gasteiger partial charge in [0.15, 0.2) is 0 Å². The number of pyridine rings is 1. The van der Waals surface area contributed by atoms with Crippen LogP contribution in [0.5, 0.6) is 0 Å². The first-order valence-corrected chi connectivity index (χ1v) is 5.31. The van der Waals surface area contributed by atoms with Gasteiger partial charge in [0.1, 0.15) is 6.07 Å². The van der Waals surface area contributed by atoms with Crippen LogP contribution in [0.15, 0.2) is 55.0 Å². The van der Waals surface area contributed by atoms with Gasteiger partial charge >= 0.3 is 0 Å². The first kappa shape index (κ1) is 9.61. The summed E-state index contributed by atoms with van der Waals surface area (Å²) in [5.74, 6) is 0. The van der Waals surface area contributed by atoms with Gasteiger partial charge in [-0.3, -0.25) is 4.98 Å². The topological polar surface area (TPSA) is 41.6 Å². The van der Waals surface area contributed by atoms with Gasteiger partial charge in [0.25, 0.3) is 0 Å². The van der Waals surface area contributed by atoms with Crippen molar-refractivity contribution in [2.24, 2.45) is 0 Å². The summed E-state index contributed by atoms with van der Waals surface area (Å²) in [5, 5.41) is 10.2. The van der Waals surface area contributed by atoms with Gasteiger partial charge in [-0.15, -0.1) is 0 Å². The van der Waals surface area contributed by atoms with E-state index in [1.165, 1.54) is 0 Å². The lowest BCUT2D eigenvalue weighted by atomic mass is 10.2. The van der Waals surface area contributed by atoms with Crippen LogP contribution in [0.25, 0.3) is 16.6 Å². The number of benzene rings is 1. The molecule has 2 aromatic heterocycles. The third kappa shape index (κ3) is 1.47. The van der Waals surface area contributed by atoms with Crippen molar-refractivity contribution in [1.29, 1.82) is 5.26 Å². The van der Waals surface area contributed by atoms with Gasteiger partial charge in [-0.05, 0) is 23.6 Å². The number of para-hydroxylation sites is 1. The Balaban J connectivity index is 2.32. The molecule has 0 saturated heterocycles. The van der Waals surface area contributed by atoms with Crippen molar-refractivity contribution in [2.45, 2.75) is 0 Å². The molecule has 17 heavy (non-hydrogen) atoms. The van der Waals surface area contributed by atoms with Crippen LogP contribution in [-0.4, -0.2) is 9.55 Å². The molecular weight excluding hydrogens is 210 g/mol. The van der Waals surface area contributed by atoms with E-state index >= 15 is 0 Å². The van der Waals surface area contributed by atoms with Gasteiger partial charge in [-0.2, -0.15) is 5.26 Å². The summed E-state index contributed by atoms with van der Waals surface area (Å²) in [6.45, 7) is 0. The van der Waals surface area contributed by atoms with E-state index in [9.17, 15) is 0 Å². The minimum Gasteiger partial charge on any atom is -0.315 e. The molecule has 3 heteroatoms. The van der Waals surface area contributed by atoms with Crippen LogP contribution >= 0.6 is 0 Å². The van der Waals surface area contributed by atoms with Crippen molar-refractivity contribution in [1.82, 2.24) is 9.55 Å². The highest BCUT2D eigenvalue weighted by atomic mass is 15.0. The molecule has 0 fully saturated rings. The van der Waals surface area contributed by atoms with E-state index in [4.69, 9.17) is 5.26 Å². The minimum absolute atomic E-state index is 0.578. The fourth-order valence-corrected chi connectivity index (χ4v) is 1.98. The number of hydrogen-bond donors (Lipinski definition) is 0. The number of nitriles is 1. The highest BCUT2D eigenvalue weighted by molar-refractivity contribution is 5.82. The zero-order valence-corrected chi connectivity index (χ0v) is 9.04. The Labute approximate surface area is 98.6 Å². The van der Waals surface area contributed by atoms with Crippen molar-refractivity contribution < 1.29 is 0 Å². The molecule has 0 saturated carbocycles. The number of hydrogen-bond acceptors (Lipinski definition) is 2. The average molecular weight is 219 g/mol. The lowest BCUT2D eigenvalue weighted by molar-refractivity contribution is 1.10. The molecule has 0 aliphatic carbocycles. The average Bonchev–Trinajstić information content (AvgIpc) is 2.82. The maximum Gasteiger partial charge on any atom is 0.103 e. The summed E-state index contributed by atoms with van der Waals surface area (Å²) in [4.78, 5) is 3.97. The van der Waals surface area contributed by atoms with Crippen molar-refractivity contribution in [3.05, 3.63) is 60.6 Å². The normalized spacial score (nSPS) is 10.3. The second-order valence-electron chi connectivity index (χ2n) is 3.75. The molecule has 0 amide bonds. The SMILES string of the molecule is N#Cc1cnccc1-n1ccc2ccccc21. The van der Waals surface area contributed by atoms with Crippen LogP contribution in [0.4, 0.5) is 0 Å². The number of nitrogens with zero attached hydrogens (tertiary/aromatic N) is 3. The van der Waals surface area contributed by atoms with Gasteiger partial charge in [0.2, 0.25) is 0 Å².